The van der Waals surface area contributed by atoms with Crippen molar-refractivity contribution in [3.05, 3.63) is 35.7 Å². The van der Waals surface area contributed by atoms with Gasteiger partial charge >= 0.3 is 0 Å². The minimum Gasteiger partial charge on any atom is -0.421 e. The molecule has 1 N–H and O–H groups in total. The van der Waals surface area contributed by atoms with Crippen molar-refractivity contribution >= 4 is 0 Å². The van der Waals surface area contributed by atoms with Crippen LogP contribution in [0.5, 0.6) is 0 Å². The largest absolute Gasteiger partial charge is 0.421 e. The molecule has 0 spiro atoms. The lowest BCUT2D eigenvalue weighted by molar-refractivity contribution is 0.532. The first-order valence-electron chi connectivity index (χ1n) is 4.83. The Balaban J connectivity index is 2.32. The molecule has 4 nitrogen and oxygen atoms in total. The van der Waals surface area contributed by atoms with E-state index in [1.807, 2.05) is 25.2 Å². The van der Waals surface area contributed by atoms with Crippen LogP contribution in [-0.4, -0.2) is 17.2 Å². The molecule has 0 amide bonds. The summed E-state index contributed by atoms with van der Waals surface area (Å²) in [4.78, 5) is 0. The number of benzene rings is 1. The van der Waals surface area contributed by atoms with E-state index >= 15 is 0 Å². The minimum atomic E-state index is 0.574. The van der Waals surface area contributed by atoms with Gasteiger partial charge in [0.1, 0.15) is 0 Å². The molecule has 0 aliphatic carbocycles. The second kappa shape index (κ2) is 4.23. The number of hydrogen-bond acceptors (Lipinski definition) is 4. The predicted molar refractivity (Wildman–Crippen MR) is 57.2 cm³/mol. The van der Waals surface area contributed by atoms with Crippen LogP contribution < -0.4 is 5.32 Å². The van der Waals surface area contributed by atoms with Crippen LogP contribution in [0.3, 0.4) is 0 Å². The summed E-state index contributed by atoms with van der Waals surface area (Å²) >= 11 is 0. The van der Waals surface area contributed by atoms with Crippen LogP contribution in [-0.2, 0) is 6.54 Å². The number of aryl methyl sites for hydroxylation is 1. The summed E-state index contributed by atoms with van der Waals surface area (Å²) in [6.07, 6.45) is 0. The van der Waals surface area contributed by atoms with E-state index in [4.69, 9.17) is 4.42 Å². The maximum absolute atomic E-state index is 5.36. The summed E-state index contributed by atoms with van der Waals surface area (Å²) < 4.78 is 5.36. The second-order valence-electron chi connectivity index (χ2n) is 3.36. The Morgan fingerprint density at radius 3 is 2.87 bits per heavy atom. The highest BCUT2D eigenvalue weighted by atomic mass is 16.4. The van der Waals surface area contributed by atoms with Crippen molar-refractivity contribution in [2.24, 2.45) is 0 Å². The van der Waals surface area contributed by atoms with Crippen molar-refractivity contribution in [1.82, 2.24) is 15.5 Å². The molecule has 0 atom stereocenters. The van der Waals surface area contributed by atoms with Gasteiger partial charge in [0.15, 0.2) is 0 Å². The van der Waals surface area contributed by atoms with E-state index in [2.05, 4.69) is 21.6 Å². The van der Waals surface area contributed by atoms with Gasteiger partial charge in [0.2, 0.25) is 11.8 Å². The minimum absolute atomic E-state index is 0.574. The van der Waals surface area contributed by atoms with Gasteiger partial charge < -0.3 is 9.73 Å². The lowest BCUT2D eigenvalue weighted by atomic mass is 10.1. The van der Waals surface area contributed by atoms with Gasteiger partial charge in [-0.3, -0.25) is 0 Å². The molecule has 0 bridgehead atoms. The van der Waals surface area contributed by atoms with Crippen molar-refractivity contribution in [3.63, 3.8) is 0 Å². The quantitative estimate of drug-likeness (QED) is 0.825. The lowest BCUT2D eigenvalue weighted by Gasteiger charge is -2.01. The van der Waals surface area contributed by atoms with Crippen molar-refractivity contribution in [1.29, 1.82) is 0 Å². The van der Waals surface area contributed by atoms with Crippen molar-refractivity contribution in [3.8, 4) is 11.5 Å². The van der Waals surface area contributed by atoms with E-state index in [9.17, 15) is 0 Å². The topological polar surface area (TPSA) is 51.0 Å². The molecule has 1 aromatic carbocycles. The van der Waals surface area contributed by atoms with Crippen LogP contribution in [0.1, 0.15) is 11.5 Å². The monoisotopic (exact) mass is 203 g/mol. The number of nitrogens with zero attached hydrogens (tertiary/aromatic N) is 2. The molecule has 0 unspecified atom stereocenters. The van der Waals surface area contributed by atoms with E-state index in [-0.39, 0.29) is 0 Å². The maximum atomic E-state index is 5.36. The third-order valence-electron chi connectivity index (χ3n) is 2.08. The summed E-state index contributed by atoms with van der Waals surface area (Å²) in [6.45, 7) is 2.62. The Morgan fingerprint density at radius 1 is 1.33 bits per heavy atom. The Morgan fingerprint density at radius 2 is 2.20 bits per heavy atom. The molecule has 0 aliphatic heterocycles. The van der Waals surface area contributed by atoms with Gasteiger partial charge in [0.25, 0.3) is 0 Å². The van der Waals surface area contributed by atoms with Crippen molar-refractivity contribution in [2.45, 2.75) is 13.5 Å². The van der Waals surface area contributed by atoms with Gasteiger partial charge in [-0.05, 0) is 24.7 Å². The van der Waals surface area contributed by atoms with Crippen molar-refractivity contribution < 1.29 is 4.42 Å². The summed E-state index contributed by atoms with van der Waals surface area (Å²) in [6, 6.07) is 8.06. The molecule has 2 rings (SSSR count). The van der Waals surface area contributed by atoms with Crippen LogP contribution in [0.2, 0.25) is 0 Å². The first-order chi connectivity index (χ1) is 7.29. The van der Waals surface area contributed by atoms with E-state index < -0.39 is 0 Å². The smallest absolute Gasteiger partial charge is 0.247 e. The van der Waals surface area contributed by atoms with Gasteiger partial charge in [-0.2, -0.15) is 0 Å². The third-order valence-corrected chi connectivity index (χ3v) is 2.08. The SMILES string of the molecule is CNCc1cccc(-c2nnc(C)o2)c1. The Bertz CT molecular complexity index is 451. The lowest BCUT2D eigenvalue weighted by Crippen LogP contribution is -2.04. The van der Waals surface area contributed by atoms with Crippen LogP contribution in [0.25, 0.3) is 11.5 Å². The Kier molecular flexibility index (Phi) is 2.78. The summed E-state index contributed by atoms with van der Waals surface area (Å²) in [5.41, 5.74) is 2.16. The zero-order valence-corrected chi connectivity index (χ0v) is 8.82. The average Bonchev–Trinajstić information content (AvgIpc) is 2.66. The van der Waals surface area contributed by atoms with Crippen molar-refractivity contribution in [2.75, 3.05) is 7.05 Å². The highest BCUT2D eigenvalue weighted by Crippen LogP contribution is 2.18. The van der Waals surface area contributed by atoms with E-state index in [1.54, 1.807) is 6.92 Å². The van der Waals surface area contributed by atoms with E-state index in [1.165, 1.54) is 5.56 Å². The highest BCUT2D eigenvalue weighted by Gasteiger charge is 2.05. The molecule has 15 heavy (non-hydrogen) atoms. The normalized spacial score (nSPS) is 10.5. The second-order valence-corrected chi connectivity index (χ2v) is 3.36. The summed E-state index contributed by atoms with van der Waals surface area (Å²) in [7, 11) is 1.92. The number of rotatable bonds is 3. The van der Waals surface area contributed by atoms with Gasteiger partial charge in [-0.15, -0.1) is 10.2 Å². The molecule has 0 saturated carbocycles. The summed E-state index contributed by atoms with van der Waals surface area (Å²) in [5, 5.41) is 10.9. The highest BCUT2D eigenvalue weighted by molar-refractivity contribution is 5.53. The Hall–Kier alpha value is -1.68. The first-order valence-corrected chi connectivity index (χ1v) is 4.83. The zero-order chi connectivity index (χ0) is 10.7. The van der Waals surface area contributed by atoms with Gasteiger partial charge in [0.05, 0.1) is 0 Å². The summed E-state index contributed by atoms with van der Waals surface area (Å²) in [5.74, 6) is 1.16. The van der Waals surface area contributed by atoms with Crippen LogP contribution in [0.4, 0.5) is 0 Å². The molecule has 2 aromatic rings. The predicted octanol–water partition coefficient (Wildman–Crippen LogP) is 1.76. The van der Waals surface area contributed by atoms with E-state index in [0.717, 1.165) is 12.1 Å². The fourth-order valence-corrected chi connectivity index (χ4v) is 1.43. The molecular weight excluding hydrogens is 190 g/mol. The van der Waals surface area contributed by atoms with Gasteiger partial charge in [-0.25, -0.2) is 0 Å². The van der Waals surface area contributed by atoms with Gasteiger partial charge in [-0.1, -0.05) is 12.1 Å². The zero-order valence-electron chi connectivity index (χ0n) is 8.82. The van der Waals surface area contributed by atoms with Crippen LogP contribution >= 0.6 is 0 Å². The maximum Gasteiger partial charge on any atom is 0.247 e. The number of hydrogen-bond donors (Lipinski definition) is 1. The molecule has 0 radical (unpaired) electrons. The van der Waals surface area contributed by atoms with Crippen LogP contribution in [0.15, 0.2) is 28.7 Å². The Labute approximate surface area is 88.3 Å². The molecule has 0 saturated heterocycles. The molecule has 0 aliphatic rings. The third kappa shape index (κ3) is 2.22. The average molecular weight is 203 g/mol. The molecular formula is C11H13N3O. The van der Waals surface area contributed by atoms with Crippen LogP contribution in [0, 0.1) is 6.92 Å². The number of nitrogens with one attached hydrogen (secondary N) is 1. The molecule has 4 heteroatoms. The standard InChI is InChI=1S/C11H13N3O/c1-8-13-14-11(15-8)10-5-3-4-9(6-10)7-12-2/h3-6,12H,7H2,1-2H3. The fourth-order valence-electron chi connectivity index (χ4n) is 1.43. The first kappa shape index (κ1) is 9.86. The molecule has 1 heterocycles. The van der Waals surface area contributed by atoms with Gasteiger partial charge in [0, 0.05) is 19.0 Å². The van der Waals surface area contributed by atoms with E-state index in [0.29, 0.717) is 11.8 Å². The fraction of sp³-hybridized carbons (Fsp3) is 0.273. The number of aromatic nitrogens is 2. The molecule has 78 valence electrons. The molecule has 0 fully saturated rings. The molecule has 1 aromatic heterocycles.